The van der Waals surface area contributed by atoms with Gasteiger partial charge in [-0.1, -0.05) is 5.16 Å². The van der Waals surface area contributed by atoms with Crippen molar-refractivity contribution in [1.82, 2.24) is 15.8 Å². The molecule has 1 aliphatic rings. The van der Waals surface area contributed by atoms with Crippen LogP contribution >= 0.6 is 0 Å². The van der Waals surface area contributed by atoms with Crippen molar-refractivity contribution in [3.63, 3.8) is 0 Å². The van der Waals surface area contributed by atoms with E-state index in [9.17, 15) is 13.2 Å². The van der Waals surface area contributed by atoms with Crippen molar-refractivity contribution in [3.05, 3.63) is 17.0 Å². The van der Waals surface area contributed by atoms with Gasteiger partial charge in [-0.15, -0.1) is 0 Å². The van der Waals surface area contributed by atoms with Crippen LogP contribution in [-0.4, -0.2) is 30.9 Å². The standard InChI is InChI=1S/C16H25F3N4O/c1-10-14(11(2)24-23-10)9-22-15(20-3)21-8-12-4-6-13(7-5-12)16(17,18)19/h12-13H,4-9H2,1-3H3,(H2,20,21,22). The van der Waals surface area contributed by atoms with Crippen LogP contribution in [0, 0.1) is 25.7 Å². The second-order valence-electron chi connectivity index (χ2n) is 6.37. The van der Waals surface area contributed by atoms with Gasteiger partial charge in [0.1, 0.15) is 5.76 Å². The highest BCUT2D eigenvalue weighted by Crippen LogP contribution is 2.39. The third-order valence-electron chi connectivity index (χ3n) is 4.71. The number of nitrogens with zero attached hydrogens (tertiary/aromatic N) is 2. The van der Waals surface area contributed by atoms with Crippen LogP contribution in [0.2, 0.25) is 0 Å². The number of aliphatic imine (C=N–C) groups is 1. The lowest BCUT2D eigenvalue weighted by Gasteiger charge is -2.30. The predicted octanol–water partition coefficient (Wildman–Crippen LogP) is 3.33. The lowest BCUT2D eigenvalue weighted by molar-refractivity contribution is -0.183. The number of hydrogen-bond acceptors (Lipinski definition) is 3. The van der Waals surface area contributed by atoms with Crippen molar-refractivity contribution in [2.75, 3.05) is 13.6 Å². The number of aromatic nitrogens is 1. The van der Waals surface area contributed by atoms with Crippen molar-refractivity contribution in [2.24, 2.45) is 16.8 Å². The Kier molecular flexibility index (Phi) is 6.12. The lowest BCUT2D eigenvalue weighted by Crippen LogP contribution is -2.40. The Balaban J connectivity index is 1.75. The Bertz CT molecular complexity index is 541. The summed E-state index contributed by atoms with van der Waals surface area (Å²) in [5.74, 6) is 0.515. The van der Waals surface area contributed by atoms with Gasteiger partial charge in [-0.05, 0) is 45.4 Å². The molecule has 2 rings (SSSR count). The summed E-state index contributed by atoms with van der Waals surface area (Å²) in [5.41, 5.74) is 1.82. The van der Waals surface area contributed by atoms with Gasteiger partial charge in [-0.2, -0.15) is 13.2 Å². The minimum absolute atomic E-state index is 0.223. The third-order valence-corrected chi connectivity index (χ3v) is 4.71. The second kappa shape index (κ2) is 7.90. The van der Waals surface area contributed by atoms with Gasteiger partial charge in [-0.3, -0.25) is 4.99 Å². The Morgan fingerprint density at radius 2 is 1.88 bits per heavy atom. The first kappa shape index (κ1) is 18.6. The zero-order valence-electron chi connectivity index (χ0n) is 14.3. The molecular formula is C16H25F3N4O. The maximum atomic E-state index is 12.7. The number of halogens is 3. The van der Waals surface area contributed by atoms with E-state index in [-0.39, 0.29) is 18.8 Å². The first-order chi connectivity index (χ1) is 11.3. The number of nitrogens with one attached hydrogen (secondary N) is 2. The molecule has 0 saturated heterocycles. The monoisotopic (exact) mass is 346 g/mol. The van der Waals surface area contributed by atoms with Crippen molar-refractivity contribution in [1.29, 1.82) is 0 Å². The van der Waals surface area contributed by atoms with Gasteiger partial charge >= 0.3 is 6.18 Å². The predicted molar refractivity (Wildman–Crippen MR) is 85.7 cm³/mol. The van der Waals surface area contributed by atoms with E-state index in [0.29, 0.717) is 31.9 Å². The highest BCUT2D eigenvalue weighted by atomic mass is 19.4. The number of aryl methyl sites for hydroxylation is 2. The fraction of sp³-hybridized carbons (Fsp3) is 0.750. The highest BCUT2D eigenvalue weighted by Gasteiger charge is 2.41. The van der Waals surface area contributed by atoms with Gasteiger partial charge in [0.05, 0.1) is 11.6 Å². The molecule has 1 fully saturated rings. The van der Waals surface area contributed by atoms with Gasteiger partial charge < -0.3 is 15.2 Å². The van der Waals surface area contributed by atoms with Crippen molar-refractivity contribution in [2.45, 2.75) is 52.3 Å². The van der Waals surface area contributed by atoms with Gasteiger partial charge in [0, 0.05) is 25.7 Å². The summed E-state index contributed by atoms with van der Waals surface area (Å²) in [7, 11) is 1.67. The van der Waals surface area contributed by atoms with Crippen LogP contribution in [0.15, 0.2) is 9.52 Å². The normalized spacial score (nSPS) is 22.5. The van der Waals surface area contributed by atoms with Crippen LogP contribution in [-0.2, 0) is 6.54 Å². The fourth-order valence-electron chi connectivity index (χ4n) is 3.08. The third kappa shape index (κ3) is 4.88. The Hall–Kier alpha value is -1.73. The van der Waals surface area contributed by atoms with Gasteiger partial charge in [0.15, 0.2) is 5.96 Å². The minimum Gasteiger partial charge on any atom is -0.361 e. The summed E-state index contributed by atoms with van der Waals surface area (Å²) in [6, 6.07) is 0. The lowest BCUT2D eigenvalue weighted by atomic mass is 9.81. The molecule has 2 N–H and O–H groups in total. The molecule has 136 valence electrons. The van der Waals surface area contributed by atoms with E-state index < -0.39 is 12.1 Å². The molecule has 0 amide bonds. The molecule has 0 radical (unpaired) electrons. The van der Waals surface area contributed by atoms with Gasteiger partial charge in [-0.25, -0.2) is 0 Å². The van der Waals surface area contributed by atoms with Crippen molar-refractivity contribution < 1.29 is 17.7 Å². The molecule has 0 spiro atoms. The number of alkyl halides is 3. The molecule has 1 saturated carbocycles. The number of hydrogen-bond donors (Lipinski definition) is 2. The molecule has 0 aromatic carbocycles. The van der Waals surface area contributed by atoms with Crippen LogP contribution < -0.4 is 10.6 Å². The molecule has 0 unspecified atom stereocenters. The molecule has 1 aromatic heterocycles. The van der Waals surface area contributed by atoms with Gasteiger partial charge in [0.25, 0.3) is 0 Å². The maximum absolute atomic E-state index is 12.7. The summed E-state index contributed by atoms with van der Waals surface area (Å²) < 4.78 is 43.2. The average Bonchev–Trinajstić information content (AvgIpc) is 2.86. The summed E-state index contributed by atoms with van der Waals surface area (Å²) in [6.45, 7) is 4.91. The van der Waals surface area contributed by atoms with Gasteiger partial charge in [0.2, 0.25) is 0 Å². The molecule has 0 aliphatic heterocycles. The zero-order valence-corrected chi connectivity index (χ0v) is 14.3. The van der Waals surface area contributed by atoms with Crippen LogP contribution in [0.1, 0.15) is 42.7 Å². The summed E-state index contributed by atoms with van der Waals surface area (Å²) >= 11 is 0. The molecule has 24 heavy (non-hydrogen) atoms. The minimum atomic E-state index is -4.05. The molecule has 1 heterocycles. The van der Waals surface area contributed by atoms with E-state index in [2.05, 4.69) is 20.8 Å². The quantitative estimate of drug-likeness (QED) is 0.648. The summed E-state index contributed by atoms with van der Waals surface area (Å²) in [6.07, 6.45) is -2.41. The topological polar surface area (TPSA) is 62.5 Å². The Labute approximate surface area is 140 Å². The first-order valence-electron chi connectivity index (χ1n) is 8.24. The van der Waals surface area contributed by atoms with Crippen molar-refractivity contribution in [3.8, 4) is 0 Å². The second-order valence-corrected chi connectivity index (χ2v) is 6.37. The summed E-state index contributed by atoms with van der Waals surface area (Å²) in [5, 5.41) is 10.3. The molecule has 1 aromatic rings. The molecule has 0 atom stereocenters. The average molecular weight is 346 g/mol. The van der Waals surface area contributed by atoms with Crippen LogP contribution in [0.25, 0.3) is 0 Å². The van der Waals surface area contributed by atoms with Crippen LogP contribution in [0.5, 0.6) is 0 Å². The molecule has 5 nitrogen and oxygen atoms in total. The van der Waals surface area contributed by atoms with E-state index >= 15 is 0 Å². The van der Waals surface area contributed by atoms with E-state index in [0.717, 1.165) is 17.0 Å². The van der Waals surface area contributed by atoms with Crippen LogP contribution in [0.3, 0.4) is 0 Å². The first-order valence-corrected chi connectivity index (χ1v) is 8.24. The van der Waals surface area contributed by atoms with Crippen molar-refractivity contribution >= 4 is 5.96 Å². The largest absolute Gasteiger partial charge is 0.391 e. The van der Waals surface area contributed by atoms with E-state index in [1.165, 1.54) is 0 Å². The Morgan fingerprint density at radius 3 is 2.38 bits per heavy atom. The maximum Gasteiger partial charge on any atom is 0.391 e. The molecule has 1 aliphatic carbocycles. The van der Waals surface area contributed by atoms with E-state index in [4.69, 9.17) is 4.52 Å². The molecular weight excluding hydrogens is 321 g/mol. The Morgan fingerprint density at radius 1 is 1.21 bits per heavy atom. The number of guanidine groups is 1. The van der Waals surface area contributed by atoms with Crippen LogP contribution in [0.4, 0.5) is 13.2 Å². The smallest absolute Gasteiger partial charge is 0.361 e. The molecule has 0 bridgehead atoms. The molecule has 8 heteroatoms. The zero-order chi connectivity index (χ0) is 17.7. The summed E-state index contributed by atoms with van der Waals surface area (Å²) in [4.78, 5) is 4.15. The number of rotatable bonds is 4. The van der Waals surface area contributed by atoms with E-state index in [1.54, 1.807) is 7.05 Å². The van der Waals surface area contributed by atoms with E-state index in [1.807, 2.05) is 13.8 Å². The highest BCUT2D eigenvalue weighted by molar-refractivity contribution is 5.79. The fourth-order valence-corrected chi connectivity index (χ4v) is 3.08. The SMILES string of the molecule is CN=C(NCc1c(C)noc1C)NCC1CCC(C(F)(F)F)CC1.